The molecule has 0 saturated heterocycles. The van der Waals surface area contributed by atoms with Gasteiger partial charge in [-0.1, -0.05) is 103 Å². The Morgan fingerprint density at radius 2 is 1.61 bits per heavy atom. The second-order valence-electron chi connectivity index (χ2n) is 15.8. The predicted molar refractivity (Wildman–Crippen MR) is 196 cm³/mol. The van der Waals surface area contributed by atoms with Crippen molar-refractivity contribution in [1.29, 1.82) is 0 Å². The minimum absolute atomic E-state index is 0.0200. The van der Waals surface area contributed by atoms with Crippen molar-refractivity contribution in [1.82, 2.24) is 0 Å². The fourth-order valence-electron chi connectivity index (χ4n) is 9.97. The molecule has 51 heavy (non-hydrogen) atoms. The van der Waals surface area contributed by atoms with Gasteiger partial charge in [-0.2, -0.15) is 0 Å². The fourth-order valence-corrected chi connectivity index (χ4v) is 9.97. The molecule has 0 aromatic heterocycles. The Morgan fingerprint density at radius 3 is 2.18 bits per heavy atom. The molecule has 5 N–H and O–H groups in total. The lowest BCUT2D eigenvalue weighted by Crippen LogP contribution is -2.75. The molecule has 8 nitrogen and oxygen atoms in total. The number of Topliss-reactive ketones (excluding diaryl/α,β-unsaturated/α-hetero) is 3. The number of rotatable bonds is 8. The molecule has 270 valence electrons. The third-order valence-corrected chi connectivity index (χ3v) is 13.0. The maximum Gasteiger partial charge on any atom is 0.203 e. The molecule has 8 heteroatoms. The number of aromatic hydroxyl groups is 1. The lowest BCUT2D eigenvalue weighted by molar-refractivity contribution is -0.215. The summed E-state index contributed by atoms with van der Waals surface area (Å²) in [6.07, 6.45) is 5.84. The summed E-state index contributed by atoms with van der Waals surface area (Å²) in [5.41, 5.74) is -1.87. The number of aliphatic hydroxyl groups is 4. The van der Waals surface area contributed by atoms with E-state index in [4.69, 9.17) is 0 Å². The Morgan fingerprint density at radius 1 is 0.980 bits per heavy atom. The number of carbonyl (C=O) groups is 3. The number of phenolic OH excluding ortho intramolecular Hbond substituents is 1. The van der Waals surface area contributed by atoms with E-state index in [0.717, 1.165) is 36.5 Å². The number of aliphatic hydroxyl groups excluding tert-OH is 3. The standard InChI is InChI=1S/C43H50O8/c1-9-25(10-2)26-13-15-27(16-14-26)28-12-11-24(19-28)20-29-17-18-30-22(5)41(7)34(37(47)32(30)35(29)45)39(49)43(51)38(48)31(23(6)44)36(46)33(21(3)4)42(43,8)40(41)50/h12-19,21-22,25,33,40,45,47-48,50-51H,9-11,20H2,1-8H3/t22-,33?,40-,41+,42+,43+/m1/s1. The van der Waals surface area contributed by atoms with Crippen LogP contribution < -0.4 is 0 Å². The van der Waals surface area contributed by atoms with Gasteiger partial charge in [0.2, 0.25) is 5.78 Å². The van der Waals surface area contributed by atoms with Gasteiger partial charge in [-0.3, -0.25) is 14.4 Å². The first kappa shape index (κ1) is 36.5. The smallest absolute Gasteiger partial charge is 0.203 e. The molecule has 6 atom stereocenters. The number of carbonyl (C=O) groups excluding carboxylic acids is 3. The van der Waals surface area contributed by atoms with E-state index in [1.807, 2.05) is 0 Å². The van der Waals surface area contributed by atoms with Crippen LogP contribution in [0, 0.1) is 22.7 Å². The van der Waals surface area contributed by atoms with Gasteiger partial charge in [0, 0.05) is 16.7 Å². The zero-order valence-electron chi connectivity index (χ0n) is 30.8. The van der Waals surface area contributed by atoms with Crippen LogP contribution in [0.5, 0.6) is 5.75 Å². The third kappa shape index (κ3) is 4.82. The highest BCUT2D eigenvalue weighted by Crippen LogP contribution is 2.67. The van der Waals surface area contributed by atoms with E-state index >= 15 is 0 Å². The van der Waals surface area contributed by atoms with Crippen molar-refractivity contribution < 1.29 is 39.9 Å². The second-order valence-corrected chi connectivity index (χ2v) is 15.8. The van der Waals surface area contributed by atoms with Gasteiger partial charge < -0.3 is 25.5 Å². The minimum atomic E-state index is -2.91. The van der Waals surface area contributed by atoms with Gasteiger partial charge in [0.15, 0.2) is 17.2 Å². The number of hydrogen-bond acceptors (Lipinski definition) is 8. The molecular formula is C43H50O8. The number of allylic oxidation sites excluding steroid dienone is 5. The number of fused-ring (bicyclic) bond motifs is 3. The van der Waals surface area contributed by atoms with Crippen molar-refractivity contribution in [2.45, 2.75) is 105 Å². The molecule has 0 aliphatic heterocycles. The Balaban J connectivity index is 1.42. The van der Waals surface area contributed by atoms with Crippen LogP contribution in [0.15, 0.2) is 71.0 Å². The molecular weight excluding hydrogens is 644 g/mol. The van der Waals surface area contributed by atoms with Crippen molar-refractivity contribution in [3.63, 3.8) is 0 Å². The third-order valence-electron chi connectivity index (χ3n) is 13.0. The summed E-state index contributed by atoms with van der Waals surface area (Å²) in [4.78, 5) is 41.2. The van der Waals surface area contributed by atoms with Crippen molar-refractivity contribution >= 4 is 28.7 Å². The van der Waals surface area contributed by atoms with E-state index in [1.54, 1.807) is 39.8 Å². The van der Waals surface area contributed by atoms with Crippen LogP contribution in [0.4, 0.5) is 0 Å². The SMILES string of the molecule is CCC(CC)c1ccc(C2=CCC(Cc3ccc4c(c3O)C(O)=C3C(=O)[C@@]5(O)C(O)=C(C(C)=O)C(=O)C(C(C)C)[C@@]5(C)[C@H](O)[C@@]3(C)[C@@H]4C)=C2)cc1. The van der Waals surface area contributed by atoms with E-state index in [9.17, 15) is 39.9 Å². The van der Waals surface area contributed by atoms with Crippen LogP contribution in [-0.4, -0.2) is 54.6 Å². The maximum atomic E-state index is 14.7. The number of hydrogen-bond donors (Lipinski definition) is 5. The number of benzene rings is 2. The van der Waals surface area contributed by atoms with Gasteiger partial charge in [-0.15, -0.1) is 0 Å². The fraction of sp³-hybridized carbons (Fsp3) is 0.465. The first-order valence-electron chi connectivity index (χ1n) is 18.1. The highest BCUT2D eigenvalue weighted by Gasteiger charge is 2.77. The second kappa shape index (κ2) is 12.4. The first-order valence-corrected chi connectivity index (χ1v) is 18.1. The summed E-state index contributed by atoms with van der Waals surface area (Å²) in [6, 6.07) is 12.2. The van der Waals surface area contributed by atoms with Crippen LogP contribution in [0.1, 0.15) is 114 Å². The first-order chi connectivity index (χ1) is 23.9. The molecule has 0 spiro atoms. The summed E-state index contributed by atoms with van der Waals surface area (Å²) in [7, 11) is 0. The quantitative estimate of drug-likeness (QED) is 0.177. The zero-order chi connectivity index (χ0) is 37.5. The molecule has 1 fully saturated rings. The van der Waals surface area contributed by atoms with Gasteiger partial charge in [0.05, 0.1) is 17.2 Å². The summed E-state index contributed by atoms with van der Waals surface area (Å²) in [5, 5.41) is 60.0. The van der Waals surface area contributed by atoms with E-state index in [-0.39, 0.29) is 16.9 Å². The zero-order valence-corrected chi connectivity index (χ0v) is 30.8. The van der Waals surface area contributed by atoms with Crippen molar-refractivity contribution in [3.05, 3.63) is 98.8 Å². The van der Waals surface area contributed by atoms with Crippen LogP contribution >= 0.6 is 0 Å². The average Bonchev–Trinajstić information content (AvgIpc) is 3.55. The Labute approximate surface area is 299 Å². The van der Waals surface area contributed by atoms with Gasteiger partial charge >= 0.3 is 0 Å². The lowest BCUT2D eigenvalue weighted by Gasteiger charge is -2.63. The van der Waals surface area contributed by atoms with Crippen LogP contribution in [-0.2, 0) is 20.8 Å². The van der Waals surface area contributed by atoms with Gasteiger partial charge in [0.1, 0.15) is 22.8 Å². The number of ketones is 3. The maximum absolute atomic E-state index is 14.7. The topological polar surface area (TPSA) is 152 Å². The van der Waals surface area contributed by atoms with Gasteiger partial charge in [0.25, 0.3) is 0 Å². The highest BCUT2D eigenvalue weighted by atomic mass is 16.4. The molecule has 0 radical (unpaired) electrons. The normalized spacial score (nSPS) is 30.4. The molecule has 0 bridgehead atoms. The van der Waals surface area contributed by atoms with Gasteiger partial charge in [-0.05, 0) is 78.2 Å². The summed E-state index contributed by atoms with van der Waals surface area (Å²) in [5.74, 6) is -6.58. The van der Waals surface area contributed by atoms with Crippen LogP contribution in [0.25, 0.3) is 11.3 Å². The number of phenols is 1. The Hall–Kier alpha value is -4.27. The van der Waals surface area contributed by atoms with Crippen molar-refractivity contribution in [2.75, 3.05) is 0 Å². The van der Waals surface area contributed by atoms with Crippen LogP contribution in [0.2, 0.25) is 0 Å². The highest BCUT2D eigenvalue weighted by molar-refractivity contribution is 6.24. The van der Waals surface area contributed by atoms with E-state index in [0.29, 0.717) is 29.9 Å². The monoisotopic (exact) mass is 694 g/mol. The molecule has 6 rings (SSSR count). The summed E-state index contributed by atoms with van der Waals surface area (Å²) < 4.78 is 0. The largest absolute Gasteiger partial charge is 0.508 e. The van der Waals surface area contributed by atoms with E-state index < -0.39 is 74.7 Å². The molecule has 2 aromatic rings. The molecule has 0 heterocycles. The predicted octanol–water partition coefficient (Wildman–Crippen LogP) is 7.58. The summed E-state index contributed by atoms with van der Waals surface area (Å²) >= 11 is 0. The Kier molecular flexibility index (Phi) is 8.91. The van der Waals surface area contributed by atoms with Gasteiger partial charge in [-0.25, -0.2) is 0 Å². The molecule has 4 aliphatic carbocycles. The minimum Gasteiger partial charge on any atom is -0.508 e. The molecule has 2 aromatic carbocycles. The van der Waals surface area contributed by atoms with Crippen LogP contribution in [0.3, 0.4) is 0 Å². The Bertz CT molecular complexity index is 1970. The van der Waals surface area contributed by atoms with Crippen molar-refractivity contribution in [2.24, 2.45) is 22.7 Å². The molecule has 1 saturated carbocycles. The summed E-state index contributed by atoms with van der Waals surface area (Å²) in [6.45, 7) is 13.6. The molecule has 0 amide bonds. The molecule has 1 unspecified atom stereocenters. The molecule has 4 aliphatic rings. The van der Waals surface area contributed by atoms with E-state index in [2.05, 4.69) is 50.3 Å². The lowest BCUT2D eigenvalue weighted by atomic mass is 9.40. The average molecular weight is 695 g/mol. The van der Waals surface area contributed by atoms with Crippen molar-refractivity contribution in [3.8, 4) is 5.75 Å². The van der Waals surface area contributed by atoms with E-state index in [1.165, 1.54) is 12.5 Å².